The van der Waals surface area contributed by atoms with Crippen LogP contribution >= 0.6 is 0 Å². The van der Waals surface area contributed by atoms with E-state index < -0.39 is 43.8 Å². The number of halogens is 4. The SMILES string of the molecule is CC(C)S(=O)(=O)[C@@H](C)C(=O)Nc1ccc(F)c(C(F)(F)F)c1. The molecule has 1 amide bonds. The lowest BCUT2D eigenvalue weighted by molar-refractivity contribution is -0.140. The molecule has 0 unspecified atom stereocenters. The van der Waals surface area contributed by atoms with Gasteiger partial charge in [-0.25, -0.2) is 12.8 Å². The fraction of sp³-hybridized carbons (Fsp3) is 0.462. The van der Waals surface area contributed by atoms with Crippen molar-refractivity contribution >= 4 is 21.4 Å². The number of rotatable bonds is 4. The highest BCUT2D eigenvalue weighted by atomic mass is 32.2. The highest BCUT2D eigenvalue weighted by Crippen LogP contribution is 2.33. The predicted molar refractivity (Wildman–Crippen MR) is 73.5 cm³/mol. The molecule has 0 radical (unpaired) electrons. The lowest BCUT2D eigenvalue weighted by atomic mass is 10.1. The monoisotopic (exact) mass is 341 g/mol. The zero-order valence-corrected chi connectivity index (χ0v) is 12.8. The fourth-order valence-corrected chi connectivity index (χ4v) is 2.80. The van der Waals surface area contributed by atoms with E-state index in [1.54, 1.807) is 0 Å². The fourth-order valence-electron chi connectivity index (χ4n) is 1.62. The Morgan fingerprint density at radius 1 is 1.18 bits per heavy atom. The van der Waals surface area contributed by atoms with Gasteiger partial charge < -0.3 is 5.32 Å². The number of alkyl halides is 3. The Morgan fingerprint density at radius 3 is 2.18 bits per heavy atom. The Hall–Kier alpha value is -1.64. The van der Waals surface area contributed by atoms with E-state index in [1.807, 2.05) is 0 Å². The molecule has 1 atom stereocenters. The zero-order valence-electron chi connectivity index (χ0n) is 12.0. The van der Waals surface area contributed by atoms with Crippen LogP contribution in [0.3, 0.4) is 0 Å². The lowest BCUT2D eigenvalue weighted by Gasteiger charge is -2.16. The smallest absolute Gasteiger partial charge is 0.325 e. The van der Waals surface area contributed by atoms with Crippen LogP contribution in [0.25, 0.3) is 0 Å². The van der Waals surface area contributed by atoms with Crippen molar-refractivity contribution in [2.75, 3.05) is 5.32 Å². The Labute approximate surface area is 125 Å². The average molecular weight is 341 g/mol. The molecule has 1 rings (SSSR count). The van der Waals surface area contributed by atoms with Crippen molar-refractivity contribution in [2.24, 2.45) is 0 Å². The minimum absolute atomic E-state index is 0.329. The van der Waals surface area contributed by atoms with Gasteiger partial charge in [0.2, 0.25) is 5.91 Å². The van der Waals surface area contributed by atoms with E-state index in [0.29, 0.717) is 12.1 Å². The van der Waals surface area contributed by atoms with Crippen LogP contribution in [0.15, 0.2) is 18.2 Å². The number of carbonyl (C=O) groups is 1. The standard InChI is InChI=1S/C13H15F4NO3S/c1-7(2)22(20,21)8(3)12(19)18-9-4-5-11(14)10(6-9)13(15,16)17/h4-8H,1-3H3,(H,18,19)/t8-/m0/s1. The second kappa shape index (κ2) is 6.23. The molecule has 9 heteroatoms. The Kier molecular flexibility index (Phi) is 5.21. The first-order chi connectivity index (χ1) is 9.87. The normalized spacial score (nSPS) is 14.0. The van der Waals surface area contributed by atoms with Gasteiger partial charge in [-0.05, 0) is 39.0 Å². The molecule has 4 nitrogen and oxygen atoms in total. The molecule has 0 heterocycles. The first-order valence-electron chi connectivity index (χ1n) is 6.27. The second-order valence-corrected chi connectivity index (χ2v) is 7.79. The van der Waals surface area contributed by atoms with Crippen LogP contribution in [0.1, 0.15) is 26.3 Å². The molecule has 0 aliphatic carbocycles. The van der Waals surface area contributed by atoms with Gasteiger partial charge in [0, 0.05) is 5.69 Å². The third-order valence-electron chi connectivity index (χ3n) is 3.06. The summed E-state index contributed by atoms with van der Waals surface area (Å²) in [5.41, 5.74) is -1.87. The Morgan fingerprint density at radius 2 is 1.73 bits per heavy atom. The molecule has 0 saturated carbocycles. The molecule has 124 valence electrons. The quantitative estimate of drug-likeness (QED) is 0.857. The highest BCUT2D eigenvalue weighted by molar-refractivity contribution is 7.93. The summed E-state index contributed by atoms with van der Waals surface area (Å²) >= 11 is 0. The predicted octanol–water partition coefficient (Wildman–Crippen LogP) is 2.99. The number of sulfone groups is 1. The number of nitrogens with one attached hydrogen (secondary N) is 1. The molecule has 0 saturated heterocycles. The molecule has 0 fully saturated rings. The molecule has 0 aromatic heterocycles. The summed E-state index contributed by atoms with van der Waals surface area (Å²) in [6.45, 7) is 3.91. The summed E-state index contributed by atoms with van der Waals surface area (Å²) in [4.78, 5) is 11.8. The van der Waals surface area contributed by atoms with Gasteiger partial charge >= 0.3 is 6.18 Å². The van der Waals surface area contributed by atoms with Crippen LogP contribution in [0.4, 0.5) is 23.2 Å². The molecule has 1 aromatic carbocycles. The van der Waals surface area contributed by atoms with Crippen LogP contribution < -0.4 is 5.32 Å². The molecule has 1 aromatic rings. The molecular formula is C13H15F4NO3S. The minimum Gasteiger partial charge on any atom is -0.325 e. The molecule has 1 N–H and O–H groups in total. The number of benzene rings is 1. The third-order valence-corrected chi connectivity index (χ3v) is 5.57. The van der Waals surface area contributed by atoms with E-state index in [2.05, 4.69) is 5.32 Å². The summed E-state index contributed by atoms with van der Waals surface area (Å²) in [5.74, 6) is -2.46. The molecule has 22 heavy (non-hydrogen) atoms. The lowest BCUT2D eigenvalue weighted by Crippen LogP contribution is -2.36. The van der Waals surface area contributed by atoms with E-state index in [0.717, 1.165) is 13.0 Å². The topological polar surface area (TPSA) is 63.2 Å². The van der Waals surface area contributed by atoms with E-state index in [4.69, 9.17) is 0 Å². The summed E-state index contributed by atoms with van der Waals surface area (Å²) in [6.07, 6.45) is -4.92. The van der Waals surface area contributed by atoms with E-state index in [9.17, 15) is 30.8 Å². The first-order valence-corrected chi connectivity index (χ1v) is 7.88. The molecular weight excluding hydrogens is 326 g/mol. The number of hydrogen-bond acceptors (Lipinski definition) is 3. The maximum atomic E-state index is 13.1. The van der Waals surface area contributed by atoms with Gasteiger partial charge in [-0.15, -0.1) is 0 Å². The highest BCUT2D eigenvalue weighted by Gasteiger charge is 2.35. The van der Waals surface area contributed by atoms with Gasteiger partial charge in [-0.3, -0.25) is 4.79 Å². The Balaban J connectivity index is 3.04. The molecule has 0 spiro atoms. The molecule has 0 aliphatic heterocycles. The van der Waals surface area contributed by atoms with E-state index in [-0.39, 0.29) is 5.69 Å². The van der Waals surface area contributed by atoms with Crippen LogP contribution in [-0.2, 0) is 20.8 Å². The number of amides is 1. The van der Waals surface area contributed by atoms with Gasteiger partial charge in [0.1, 0.15) is 11.1 Å². The third kappa shape index (κ3) is 3.96. The Bertz CT molecular complexity index is 668. The van der Waals surface area contributed by atoms with Gasteiger partial charge in [0.15, 0.2) is 9.84 Å². The van der Waals surface area contributed by atoms with E-state index in [1.165, 1.54) is 13.8 Å². The van der Waals surface area contributed by atoms with Crippen LogP contribution in [0.5, 0.6) is 0 Å². The molecule has 0 aliphatic rings. The summed E-state index contributed by atoms with van der Waals surface area (Å²) in [6, 6.07) is 1.90. The average Bonchev–Trinajstić information content (AvgIpc) is 2.38. The van der Waals surface area contributed by atoms with Crippen molar-refractivity contribution in [1.29, 1.82) is 0 Å². The van der Waals surface area contributed by atoms with Crippen molar-refractivity contribution in [3.05, 3.63) is 29.6 Å². The van der Waals surface area contributed by atoms with Crippen LogP contribution in [0.2, 0.25) is 0 Å². The number of carbonyl (C=O) groups excluding carboxylic acids is 1. The van der Waals surface area contributed by atoms with Crippen molar-refractivity contribution in [3.63, 3.8) is 0 Å². The van der Waals surface area contributed by atoms with Crippen LogP contribution in [0, 0.1) is 5.82 Å². The maximum absolute atomic E-state index is 13.1. The van der Waals surface area contributed by atoms with Gasteiger partial charge in [-0.1, -0.05) is 0 Å². The minimum atomic E-state index is -4.92. The number of hydrogen-bond donors (Lipinski definition) is 1. The number of anilines is 1. The van der Waals surface area contributed by atoms with Gasteiger partial charge in [0.25, 0.3) is 0 Å². The van der Waals surface area contributed by atoms with Gasteiger partial charge in [0.05, 0.1) is 10.8 Å². The first kappa shape index (κ1) is 18.4. The van der Waals surface area contributed by atoms with Crippen molar-refractivity contribution in [3.8, 4) is 0 Å². The van der Waals surface area contributed by atoms with Crippen LogP contribution in [-0.4, -0.2) is 24.8 Å². The largest absolute Gasteiger partial charge is 0.419 e. The maximum Gasteiger partial charge on any atom is 0.419 e. The second-order valence-electron chi connectivity index (χ2n) is 4.96. The summed E-state index contributed by atoms with van der Waals surface area (Å²) in [7, 11) is -3.75. The van der Waals surface area contributed by atoms with Crippen molar-refractivity contribution in [1.82, 2.24) is 0 Å². The summed E-state index contributed by atoms with van der Waals surface area (Å²) in [5, 5.41) is -0.193. The van der Waals surface area contributed by atoms with Crippen molar-refractivity contribution < 1.29 is 30.8 Å². The van der Waals surface area contributed by atoms with Gasteiger partial charge in [-0.2, -0.15) is 13.2 Å². The zero-order chi connectivity index (χ0) is 17.3. The molecule has 0 bridgehead atoms. The summed E-state index contributed by atoms with van der Waals surface area (Å²) < 4.78 is 74.5. The van der Waals surface area contributed by atoms with Crippen molar-refractivity contribution in [2.45, 2.75) is 37.4 Å². The van der Waals surface area contributed by atoms with E-state index >= 15 is 0 Å².